The molecule has 94 valence electrons. The first-order valence-corrected chi connectivity index (χ1v) is 6.02. The third kappa shape index (κ3) is 2.61. The van der Waals surface area contributed by atoms with Gasteiger partial charge in [0.1, 0.15) is 11.5 Å². The fourth-order valence-electron chi connectivity index (χ4n) is 1.39. The van der Waals surface area contributed by atoms with E-state index >= 15 is 0 Å². The minimum absolute atomic E-state index is 0.138. The average molecular weight is 312 g/mol. The Kier molecular flexibility index (Phi) is 3.81. The molecule has 2 aromatic rings. The Balaban J connectivity index is 2.31. The van der Waals surface area contributed by atoms with Crippen molar-refractivity contribution >= 4 is 15.9 Å². The van der Waals surface area contributed by atoms with Crippen molar-refractivity contribution in [3.63, 3.8) is 0 Å². The number of hydrogen-bond donors (Lipinski definition) is 0. The first kappa shape index (κ1) is 12.8. The predicted molar refractivity (Wildman–Crippen MR) is 69.7 cm³/mol. The Bertz CT molecular complexity index is 575. The molecule has 1 aromatic carbocycles. The van der Waals surface area contributed by atoms with Crippen LogP contribution in [0, 0.1) is 12.7 Å². The quantitative estimate of drug-likeness (QED) is 0.855. The highest BCUT2D eigenvalue weighted by molar-refractivity contribution is 9.10. The van der Waals surface area contributed by atoms with Gasteiger partial charge in [-0.3, -0.25) is 4.98 Å². The van der Waals surface area contributed by atoms with Crippen molar-refractivity contribution in [2.45, 2.75) is 6.92 Å². The molecule has 0 aliphatic heterocycles. The Hall–Kier alpha value is -1.62. The highest BCUT2D eigenvalue weighted by atomic mass is 79.9. The summed E-state index contributed by atoms with van der Waals surface area (Å²) in [5.41, 5.74) is 0.861. The van der Waals surface area contributed by atoms with E-state index in [1.807, 2.05) is 6.92 Å². The van der Waals surface area contributed by atoms with E-state index in [1.54, 1.807) is 18.5 Å². The standard InChI is InChI=1S/C13H11BrFNO2/c1-8-10(14)6-16-7-13(8)18-12-4-3-9(17-2)5-11(12)15/h3-7H,1-2H3. The van der Waals surface area contributed by atoms with Gasteiger partial charge in [0.2, 0.25) is 0 Å². The smallest absolute Gasteiger partial charge is 0.169 e. The molecule has 0 atom stereocenters. The van der Waals surface area contributed by atoms with Gasteiger partial charge in [-0.05, 0) is 35.0 Å². The topological polar surface area (TPSA) is 31.4 Å². The maximum atomic E-state index is 13.7. The van der Waals surface area contributed by atoms with E-state index in [2.05, 4.69) is 20.9 Å². The molecular formula is C13H11BrFNO2. The van der Waals surface area contributed by atoms with E-state index in [4.69, 9.17) is 9.47 Å². The van der Waals surface area contributed by atoms with Crippen LogP contribution in [0.25, 0.3) is 0 Å². The number of halogens is 2. The van der Waals surface area contributed by atoms with Gasteiger partial charge in [-0.2, -0.15) is 0 Å². The number of nitrogens with zero attached hydrogens (tertiary/aromatic N) is 1. The lowest BCUT2D eigenvalue weighted by Gasteiger charge is -2.10. The predicted octanol–water partition coefficient (Wildman–Crippen LogP) is 4.09. The van der Waals surface area contributed by atoms with Gasteiger partial charge in [0, 0.05) is 22.3 Å². The lowest BCUT2D eigenvalue weighted by Crippen LogP contribution is -1.93. The number of methoxy groups -OCH3 is 1. The van der Waals surface area contributed by atoms with E-state index in [0.717, 1.165) is 10.0 Å². The fraction of sp³-hybridized carbons (Fsp3) is 0.154. The summed E-state index contributed by atoms with van der Waals surface area (Å²) in [7, 11) is 1.48. The van der Waals surface area contributed by atoms with Gasteiger partial charge in [0.25, 0.3) is 0 Å². The first-order valence-electron chi connectivity index (χ1n) is 5.23. The summed E-state index contributed by atoms with van der Waals surface area (Å²) < 4.78 is 25.0. The van der Waals surface area contributed by atoms with Crippen LogP contribution in [0.2, 0.25) is 0 Å². The third-order valence-corrected chi connectivity index (χ3v) is 3.27. The zero-order valence-electron chi connectivity index (χ0n) is 9.91. The number of pyridine rings is 1. The molecule has 1 heterocycles. The van der Waals surface area contributed by atoms with Gasteiger partial charge in [-0.1, -0.05) is 0 Å². The number of rotatable bonds is 3. The van der Waals surface area contributed by atoms with Crippen LogP contribution in [0.5, 0.6) is 17.2 Å². The fourth-order valence-corrected chi connectivity index (χ4v) is 1.71. The van der Waals surface area contributed by atoms with Gasteiger partial charge in [-0.25, -0.2) is 4.39 Å². The molecule has 1 aromatic heterocycles. The molecule has 0 saturated heterocycles. The van der Waals surface area contributed by atoms with Crippen molar-refractivity contribution in [3.8, 4) is 17.2 Å². The minimum Gasteiger partial charge on any atom is -0.497 e. The molecule has 0 aliphatic carbocycles. The van der Waals surface area contributed by atoms with Crippen molar-refractivity contribution in [1.82, 2.24) is 4.98 Å². The third-order valence-electron chi connectivity index (χ3n) is 2.47. The van der Waals surface area contributed by atoms with Crippen molar-refractivity contribution in [2.24, 2.45) is 0 Å². The van der Waals surface area contributed by atoms with Crippen LogP contribution in [0.1, 0.15) is 5.56 Å². The molecule has 0 unspecified atom stereocenters. The van der Waals surface area contributed by atoms with E-state index in [1.165, 1.54) is 19.2 Å². The SMILES string of the molecule is COc1ccc(Oc2cncc(Br)c2C)c(F)c1. The van der Waals surface area contributed by atoms with E-state index < -0.39 is 5.82 Å². The molecule has 0 bridgehead atoms. The molecule has 0 spiro atoms. The maximum absolute atomic E-state index is 13.7. The van der Waals surface area contributed by atoms with Crippen LogP contribution in [-0.4, -0.2) is 12.1 Å². The first-order chi connectivity index (χ1) is 8.61. The van der Waals surface area contributed by atoms with Crippen LogP contribution >= 0.6 is 15.9 Å². The molecule has 3 nitrogen and oxygen atoms in total. The Morgan fingerprint density at radius 1 is 1.22 bits per heavy atom. The van der Waals surface area contributed by atoms with E-state index in [0.29, 0.717) is 11.5 Å². The Morgan fingerprint density at radius 2 is 2.00 bits per heavy atom. The van der Waals surface area contributed by atoms with Crippen molar-refractivity contribution in [1.29, 1.82) is 0 Å². The van der Waals surface area contributed by atoms with E-state index in [9.17, 15) is 4.39 Å². The van der Waals surface area contributed by atoms with Crippen LogP contribution in [0.3, 0.4) is 0 Å². The van der Waals surface area contributed by atoms with Gasteiger partial charge in [0.05, 0.1) is 13.3 Å². The lowest BCUT2D eigenvalue weighted by molar-refractivity contribution is 0.401. The largest absolute Gasteiger partial charge is 0.497 e. The molecule has 0 fully saturated rings. The van der Waals surface area contributed by atoms with Crippen LogP contribution in [-0.2, 0) is 0 Å². The molecule has 0 N–H and O–H groups in total. The number of aromatic nitrogens is 1. The normalized spacial score (nSPS) is 10.2. The second-order valence-electron chi connectivity index (χ2n) is 3.64. The van der Waals surface area contributed by atoms with E-state index in [-0.39, 0.29) is 5.75 Å². The average Bonchev–Trinajstić information content (AvgIpc) is 2.37. The molecular weight excluding hydrogens is 301 g/mol. The summed E-state index contributed by atoms with van der Waals surface area (Å²) >= 11 is 3.34. The minimum atomic E-state index is -0.478. The second kappa shape index (κ2) is 5.35. The Labute approximate surface area is 113 Å². The summed E-state index contributed by atoms with van der Waals surface area (Å²) in [6, 6.07) is 4.43. The van der Waals surface area contributed by atoms with Crippen LogP contribution in [0.4, 0.5) is 4.39 Å². The maximum Gasteiger partial charge on any atom is 0.169 e. The zero-order chi connectivity index (χ0) is 13.1. The highest BCUT2D eigenvalue weighted by Gasteiger charge is 2.09. The van der Waals surface area contributed by atoms with Crippen molar-refractivity contribution < 1.29 is 13.9 Å². The van der Waals surface area contributed by atoms with Crippen molar-refractivity contribution in [3.05, 3.63) is 46.4 Å². The number of benzene rings is 1. The van der Waals surface area contributed by atoms with Crippen LogP contribution < -0.4 is 9.47 Å². The molecule has 18 heavy (non-hydrogen) atoms. The summed E-state index contributed by atoms with van der Waals surface area (Å²) in [4.78, 5) is 3.99. The second-order valence-corrected chi connectivity index (χ2v) is 4.50. The monoisotopic (exact) mass is 311 g/mol. The molecule has 5 heteroatoms. The Morgan fingerprint density at radius 3 is 2.67 bits per heavy atom. The summed E-state index contributed by atoms with van der Waals surface area (Å²) in [5.74, 6) is 0.616. The molecule has 0 radical (unpaired) electrons. The summed E-state index contributed by atoms with van der Waals surface area (Å²) in [5, 5.41) is 0. The highest BCUT2D eigenvalue weighted by Crippen LogP contribution is 2.31. The molecule has 0 saturated carbocycles. The van der Waals surface area contributed by atoms with Crippen molar-refractivity contribution in [2.75, 3.05) is 7.11 Å². The lowest BCUT2D eigenvalue weighted by atomic mass is 10.2. The van der Waals surface area contributed by atoms with Gasteiger partial charge in [0.15, 0.2) is 11.6 Å². The number of ether oxygens (including phenoxy) is 2. The van der Waals surface area contributed by atoms with Gasteiger partial charge < -0.3 is 9.47 Å². The number of hydrogen-bond acceptors (Lipinski definition) is 3. The van der Waals surface area contributed by atoms with Gasteiger partial charge >= 0.3 is 0 Å². The van der Waals surface area contributed by atoms with Crippen LogP contribution in [0.15, 0.2) is 35.1 Å². The summed E-state index contributed by atoms with van der Waals surface area (Å²) in [6.45, 7) is 1.86. The van der Waals surface area contributed by atoms with Gasteiger partial charge in [-0.15, -0.1) is 0 Å². The molecule has 0 amide bonds. The summed E-state index contributed by atoms with van der Waals surface area (Å²) in [6.07, 6.45) is 3.20. The molecule has 2 rings (SSSR count). The molecule has 0 aliphatic rings. The zero-order valence-corrected chi connectivity index (χ0v) is 11.5.